The van der Waals surface area contributed by atoms with E-state index in [9.17, 15) is 18.5 Å². The Morgan fingerprint density at radius 1 is 1.55 bits per heavy atom. The van der Waals surface area contributed by atoms with Crippen LogP contribution in [-0.4, -0.2) is 18.6 Å². The van der Waals surface area contributed by atoms with Crippen LogP contribution in [-0.2, 0) is 10.0 Å². The summed E-state index contributed by atoms with van der Waals surface area (Å²) >= 11 is 3.14. The molecule has 9 heteroatoms. The second kappa shape index (κ2) is 6.19. The molecule has 7 nitrogen and oxygen atoms in total. The quantitative estimate of drug-likeness (QED) is 0.639. The molecule has 0 spiro atoms. The first-order valence-electron chi connectivity index (χ1n) is 5.58. The number of nitrogens with one attached hydrogen (secondary N) is 1. The van der Waals surface area contributed by atoms with Gasteiger partial charge in [0, 0.05) is 16.1 Å². The van der Waals surface area contributed by atoms with Crippen molar-refractivity contribution in [1.82, 2.24) is 0 Å². The molecule has 0 aliphatic rings. The number of hydrogen-bond donors (Lipinski definition) is 1. The highest BCUT2D eigenvalue weighted by Gasteiger charge is 2.25. The van der Waals surface area contributed by atoms with Crippen molar-refractivity contribution in [2.24, 2.45) is 0 Å². The Bertz CT molecular complexity index is 682. The monoisotopic (exact) mass is 361 g/mol. The fourth-order valence-electron chi connectivity index (χ4n) is 1.54. The van der Waals surface area contributed by atoms with Crippen LogP contribution >= 0.6 is 15.9 Å². The minimum atomic E-state index is -3.92. The largest absolute Gasteiger partial charge is 0.281 e. The second-order valence-electron chi connectivity index (χ2n) is 4.05. The van der Waals surface area contributed by atoms with Crippen LogP contribution in [0.15, 0.2) is 16.6 Å². The Morgan fingerprint density at radius 3 is 2.60 bits per heavy atom. The van der Waals surface area contributed by atoms with E-state index in [-0.39, 0.29) is 17.8 Å². The van der Waals surface area contributed by atoms with Crippen LogP contribution in [0.25, 0.3) is 0 Å². The average Bonchev–Trinajstić information content (AvgIpc) is 2.33. The van der Waals surface area contributed by atoms with Gasteiger partial charge in [0.05, 0.1) is 16.7 Å². The molecule has 0 aliphatic heterocycles. The summed E-state index contributed by atoms with van der Waals surface area (Å²) in [4.78, 5) is 10.3. The Hall–Kier alpha value is -1.66. The zero-order valence-electron chi connectivity index (χ0n) is 10.8. The molecule has 0 heterocycles. The summed E-state index contributed by atoms with van der Waals surface area (Å²) < 4.78 is 26.5. The first-order valence-corrected chi connectivity index (χ1v) is 7.92. The number of rotatable bonds is 5. The number of aryl methyl sites for hydroxylation is 1. The van der Waals surface area contributed by atoms with E-state index in [4.69, 9.17) is 5.26 Å². The Kier molecular flexibility index (Phi) is 5.08. The van der Waals surface area contributed by atoms with Crippen molar-refractivity contribution in [2.45, 2.75) is 25.5 Å². The lowest BCUT2D eigenvalue weighted by Gasteiger charge is -2.13. The molecule has 0 aromatic heterocycles. The summed E-state index contributed by atoms with van der Waals surface area (Å²) in [7, 11) is -3.92. The fourth-order valence-corrected chi connectivity index (χ4v) is 3.42. The van der Waals surface area contributed by atoms with E-state index in [1.165, 1.54) is 6.07 Å². The lowest BCUT2D eigenvalue weighted by atomic mass is 10.2. The smallest absolute Gasteiger partial charge is 0.274 e. The highest BCUT2D eigenvalue weighted by molar-refractivity contribution is 9.10. The number of nitrogens with zero attached hydrogens (tertiary/aromatic N) is 2. The van der Waals surface area contributed by atoms with Crippen molar-refractivity contribution in [3.63, 3.8) is 0 Å². The van der Waals surface area contributed by atoms with E-state index in [0.29, 0.717) is 10.0 Å². The summed E-state index contributed by atoms with van der Waals surface area (Å²) in [5.74, 6) is 0. The van der Waals surface area contributed by atoms with Crippen LogP contribution in [0.3, 0.4) is 0 Å². The molecule has 1 rings (SSSR count). The number of benzene rings is 1. The van der Waals surface area contributed by atoms with Crippen LogP contribution in [0.1, 0.15) is 18.9 Å². The van der Waals surface area contributed by atoms with Gasteiger partial charge in [0.15, 0.2) is 5.25 Å². The van der Waals surface area contributed by atoms with Gasteiger partial charge in [-0.05, 0) is 35.3 Å². The number of sulfonamides is 1. The van der Waals surface area contributed by atoms with Crippen molar-refractivity contribution >= 4 is 37.3 Å². The van der Waals surface area contributed by atoms with Crippen molar-refractivity contribution in [1.29, 1.82) is 5.26 Å². The molecule has 1 unspecified atom stereocenters. The molecule has 1 N–H and O–H groups in total. The third kappa shape index (κ3) is 3.46. The van der Waals surface area contributed by atoms with E-state index in [0.717, 1.165) is 6.07 Å². The van der Waals surface area contributed by atoms with Gasteiger partial charge in [-0.25, -0.2) is 8.42 Å². The SMILES string of the molecule is CCC(C#N)S(=O)(=O)Nc1cc([N+](=O)[O-])c(C)cc1Br. The lowest BCUT2D eigenvalue weighted by molar-refractivity contribution is -0.385. The van der Waals surface area contributed by atoms with E-state index in [1.807, 2.05) is 0 Å². The second-order valence-corrected chi connectivity index (χ2v) is 6.77. The summed E-state index contributed by atoms with van der Waals surface area (Å²) in [6.45, 7) is 3.12. The Labute approximate surface area is 124 Å². The van der Waals surface area contributed by atoms with Gasteiger partial charge in [-0.2, -0.15) is 5.26 Å². The molecular weight excluding hydrogens is 350 g/mol. The molecule has 20 heavy (non-hydrogen) atoms. The molecule has 1 atom stereocenters. The molecule has 0 bridgehead atoms. The van der Waals surface area contributed by atoms with Crippen molar-refractivity contribution < 1.29 is 13.3 Å². The topological polar surface area (TPSA) is 113 Å². The van der Waals surface area contributed by atoms with Gasteiger partial charge in [0.2, 0.25) is 10.0 Å². The number of hydrogen-bond acceptors (Lipinski definition) is 5. The van der Waals surface area contributed by atoms with Gasteiger partial charge in [0.1, 0.15) is 0 Å². The zero-order chi connectivity index (χ0) is 15.5. The standard InChI is InChI=1S/C11H12BrN3O4S/c1-3-8(6-13)20(18,19)14-10-5-11(15(16)17)7(2)4-9(10)12/h4-5,8,14H,3H2,1-2H3. The van der Waals surface area contributed by atoms with Crippen molar-refractivity contribution in [3.8, 4) is 6.07 Å². The lowest BCUT2D eigenvalue weighted by Crippen LogP contribution is -2.26. The molecular formula is C11H12BrN3O4S. The number of nitro benzene ring substituents is 1. The minimum Gasteiger partial charge on any atom is -0.281 e. The number of halogens is 1. The van der Waals surface area contributed by atoms with E-state index < -0.39 is 20.2 Å². The predicted molar refractivity (Wildman–Crippen MR) is 77.8 cm³/mol. The van der Waals surface area contributed by atoms with Gasteiger partial charge in [0.25, 0.3) is 5.69 Å². The summed E-state index contributed by atoms with van der Waals surface area (Å²) in [5.41, 5.74) is 0.240. The third-order valence-electron chi connectivity index (χ3n) is 2.62. The van der Waals surface area contributed by atoms with Crippen molar-refractivity contribution in [2.75, 3.05) is 4.72 Å². The van der Waals surface area contributed by atoms with Crippen molar-refractivity contribution in [3.05, 3.63) is 32.3 Å². The predicted octanol–water partition coefficient (Wildman–Crippen LogP) is 2.71. The molecule has 1 aromatic carbocycles. The number of nitriles is 1. The Morgan fingerprint density at radius 2 is 2.15 bits per heavy atom. The first kappa shape index (κ1) is 16.4. The van der Waals surface area contributed by atoms with Crippen LogP contribution < -0.4 is 4.72 Å². The van der Waals surface area contributed by atoms with E-state index in [1.54, 1.807) is 19.9 Å². The normalized spacial score (nSPS) is 12.5. The van der Waals surface area contributed by atoms with E-state index >= 15 is 0 Å². The Balaban J connectivity index is 3.26. The van der Waals surface area contributed by atoms with Gasteiger partial charge >= 0.3 is 0 Å². The third-order valence-corrected chi connectivity index (χ3v) is 4.97. The molecule has 0 aliphatic carbocycles. The maximum atomic E-state index is 12.0. The average molecular weight is 362 g/mol. The fraction of sp³-hybridized carbons (Fsp3) is 0.364. The van der Waals surface area contributed by atoms with Crippen LogP contribution in [0.5, 0.6) is 0 Å². The van der Waals surface area contributed by atoms with Gasteiger partial charge < -0.3 is 0 Å². The molecule has 0 saturated carbocycles. The molecule has 1 aromatic rings. The highest BCUT2D eigenvalue weighted by Crippen LogP contribution is 2.31. The maximum Gasteiger partial charge on any atom is 0.274 e. The van der Waals surface area contributed by atoms with Crippen LogP contribution in [0.2, 0.25) is 0 Å². The molecule has 108 valence electrons. The molecule has 0 amide bonds. The van der Waals surface area contributed by atoms with E-state index in [2.05, 4.69) is 20.7 Å². The van der Waals surface area contributed by atoms with Crippen LogP contribution in [0, 0.1) is 28.4 Å². The maximum absolute atomic E-state index is 12.0. The minimum absolute atomic E-state index is 0.0380. The molecule has 0 saturated heterocycles. The first-order chi connectivity index (χ1) is 9.22. The highest BCUT2D eigenvalue weighted by atomic mass is 79.9. The molecule has 0 fully saturated rings. The van der Waals surface area contributed by atoms with Gasteiger partial charge in [-0.3, -0.25) is 14.8 Å². The summed E-state index contributed by atoms with van der Waals surface area (Å²) in [6, 6.07) is 4.25. The number of anilines is 1. The summed E-state index contributed by atoms with van der Waals surface area (Å²) in [6.07, 6.45) is 0.122. The molecule has 0 radical (unpaired) electrons. The van der Waals surface area contributed by atoms with Gasteiger partial charge in [-0.1, -0.05) is 6.92 Å². The zero-order valence-corrected chi connectivity index (χ0v) is 13.2. The van der Waals surface area contributed by atoms with Gasteiger partial charge in [-0.15, -0.1) is 0 Å². The number of nitro groups is 1. The van der Waals surface area contributed by atoms with Crippen LogP contribution in [0.4, 0.5) is 11.4 Å². The summed E-state index contributed by atoms with van der Waals surface area (Å²) in [5, 5.41) is 18.5.